The SMILES string of the molecule is O=C(O)c1cccn2cc(-c3cccs3)nc12. The average molecular weight is 244 g/mol. The lowest BCUT2D eigenvalue weighted by molar-refractivity contribution is 0.0698. The highest BCUT2D eigenvalue weighted by atomic mass is 32.1. The summed E-state index contributed by atoms with van der Waals surface area (Å²) in [7, 11) is 0. The molecule has 3 aromatic heterocycles. The standard InChI is InChI=1S/C12H8N2O2S/c15-12(16)8-3-1-5-14-7-9(13-11(8)14)10-4-2-6-17-10/h1-7H,(H,15,16). The fourth-order valence-electron chi connectivity index (χ4n) is 1.72. The zero-order valence-electron chi connectivity index (χ0n) is 8.70. The molecule has 0 bridgehead atoms. The first-order valence-corrected chi connectivity index (χ1v) is 5.88. The summed E-state index contributed by atoms with van der Waals surface area (Å²) in [5.41, 5.74) is 1.49. The molecule has 0 unspecified atom stereocenters. The van der Waals surface area contributed by atoms with E-state index in [-0.39, 0.29) is 5.56 Å². The molecule has 84 valence electrons. The fraction of sp³-hybridized carbons (Fsp3) is 0. The van der Waals surface area contributed by atoms with Gasteiger partial charge in [0.25, 0.3) is 0 Å². The van der Waals surface area contributed by atoms with E-state index in [2.05, 4.69) is 4.98 Å². The van der Waals surface area contributed by atoms with E-state index < -0.39 is 5.97 Å². The van der Waals surface area contributed by atoms with Crippen LogP contribution in [-0.4, -0.2) is 20.5 Å². The number of thiophene rings is 1. The van der Waals surface area contributed by atoms with Crippen molar-refractivity contribution in [1.82, 2.24) is 9.38 Å². The number of hydrogen-bond acceptors (Lipinski definition) is 3. The van der Waals surface area contributed by atoms with Gasteiger partial charge in [0.1, 0.15) is 5.56 Å². The van der Waals surface area contributed by atoms with Crippen LogP contribution in [0.15, 0.2) is 42.0 Å². The molecule has 0 saturated carbocycles. The molecule has 0 aromatic carbocycles. The smallest absolute Gasteiger partial charge is 0.339 e. The third kappa shape index (κ3) is 1.60. The lowest BCUT2D eigenvalue weighted by Crippen LogP contribution is -1.99. The van der Waals surface area contributed by atoms with Crippen molar-refractivity contribution >= 4 is 23.0 Å². The Balaban J connectivity index is 2.26. The van der Waals surface area contributed by atoms with E-state index in [4.69, 9.17) is 5.11 Å². The number of aromatic nitrogens is 2. The number of rotatable bonds is 2. The second-order valence-corrected chi connectivity index (χ2v) is 4.51. The minimum absolute atomic E-state index is 0.218. The summed E-state index contributed by atoms with van der Waals surface area (Å²) in [6, 6.07) is 7.17. The van der Waals surface area contributed by atoms with E-state index in [1.807, 2.05) is 23.7 Å². The second kappa shape index (κ2) is 3.71. The summed E-state index contributed by atoms with van der Waals surface area (Å²) in [4.78, 5) is 16.5. The lowest BCUT2D eigenvalue weighted by atomic mass is 10.3. The highest BCUT2D eigenvalue weighted by Crippen LogP contribution is 2.24. The van der Waals surface area contributed by atoms with E-state index in [1.165, 1.54) is 0 Å². The number of hydrogen-bond donors (Lipinski definition) is 1. The van der Waals surface area contributed by atoms with Crippen molar-refractivity contribution < 1.29 is 9.90 Å². The Morgan fingerprint density at radius 1 is 1.35 bits per heavy atom. The van der Waals surface area contributed by atoms with Gasteiger partial charge in [0.15, 0.2) is 5.65 Å². The maximum absolute atomic E-state index is 11.1. The van der Waals surface area contributed by atoms with Gasteiger partial charge in [-0.05, 0) is 23.6 Å². The molecule has 0 aliphatic carbocycles. The van der Waals surface area contributed by atoms with Crippen LogP contribution in [0.4, 0.5) is 0 Å². The first-order valence-electron chi connectivity index (χ1n) is 5.00. The van der Waals surface area contributed by atoms with E-state index >= 15 is 0 Å². The molecule has 4 nitrogen and oxygen atoms in total. The van der Waals surface area contributed by atoms with Gasteiger partial charge in [-0.2, -0.15) is 0 Å². The first-order chi connectivity index (χ1) is 8.25. The quantitative estimate of drug-likeness (QED) is 0.754. The van der Waals surface area contributed by atoms with Gasteiger partial charge in [-0.1, -0.05) is 6.07 Å². The summed E-state index contributed by atoms with van der Waals surface area (Å²) < 4.78 is 1.73. The molecule has 5 heteroatoms. The van der Waals surface area contributed by atoms with Crippen LogP contribution in [0.2, 0.25) is 0 Å². The number of carboxylic acids is 1. The van der Waals surface area contributed by atoms with Gasteiger partial charge >= 0.3 is 5.97 Å². The van der Waals surface area contributed by atoms with Crippen LogP contribution in [0.1, 0.15) is 10.4 Å². The van der Waals surface area contributed by atoms with Crippen LogP contribution >= 0.6 is 11.3 Å². The third-order valence-electron chi connectivity index (χ3n) is 2.49. The van der Waals surface area contributed by atoms with Crippen molar-refractivity contribution in [3.05, 3.63) is 47.6 Å². The first kappa shape index (κ1) is 10.0. The number of carboxylic acid groups (broad SMARTS) is 1. The Kier molecular flexibility index (Phi) is 2.19. The van der Waals surface area contributed by atoms with Gasteiger partial charge < -0.3 is 9.51 Å². The molecule has 0 aliphatic rings. The Bertz CT molecular complexity index is 686. The molecule has 0 atom stereocenters. The topological polar surface area (TPSA) is 54.6 Å². The number of imidazole rings is 1. The predicted molar refractivity (Wildman–Crippen MR) is 65.5 cm³/mol. The summed E-state index contributed by atoms with van der Waals surface area (Å²) >= 11 is 1.58. The molecule has 0 saturated heterocycles. The summed E-state index contributed by atoms with van der Waals surface area (Å²) in [5.74, 6) is -0.959. The summed E-state index contributed by atoms with van der Waals surface area (Å²) in [5, 5.41) is 11.0. The van der Waals surface area contributed by atoms with Crippen LogP contribution in [-0.2, 0) is 0 Å². The molecule has 3 heterocycles. The van der Waals surface area contributed by atoms with Crippen molar-refractivity contribution in [3.8, 4) is 10.6 Å². The zero-order chi connectivity index (χ0) is 11.8. The van der Waals surface area contributed by atoms with Crippen LogP contribution in [0, 0.1) is 0 Å². The van der Waals surface area contributed by atoms with Gasteiger partial charge in [-0.15, -0.1) is 11.3 Å². The minimum Gasteiger partial charge on any atom is -0.478 e. The van der Waals surface area contributed by atoms with Gasteiger partial charge in [0, 0.05) is 12.4 Å². The Morgan fingerprint density at radius 3 is 2.94 bits per heavy atom. The van der Waals surface area contributed by atoms with Crippen molar-refractivity contribution in [2.75, 3.05) is 0 Å². The third-order valence-corrected chi connectivity index (χ3v) is 3.38. The van der Waals surface area contributed by atoms with Crippen molar-refractivity contribution in [2.24, 2.45) is 0 Å². The number of carbonyl (C=O) groups is 1. The van der Waals surface area contributed by atoms with Crippen LogP contribution in [0.5, 0.6) is 0 Å². The van der Waals surface area contributed by atoms with Crippen molar-refractivity contribution in [2.45, 2.75) is 0 Å². The van der Waals surface area contributed by atoms with Crippen molar-refractivity contribution in [1.29, 1.82) is 0 Å². The Labute approximate surface area is 101 Å². The number of nitrogens with zero attached hydrogens (tertiary/aromatic N) is 2. The molecule has 0 amide bonds. The molecule has 3 aromatic rings. The molecule has 0 aliphatic heterocycles. The van der Waals surface area contributed by atoms with E-state index in [9.17, 15) is 4.79 Å². The maximum atomic E-state index is 11.1. The Morgan fingerprint density at radius 2 is 2.24 bits per heavy atom. The van der Waals surface area contributed by atoms with Gasteiger partial charge in [-0.25, -0.2) is 9.78 Å². The molecule has 0 radical (unpaired) electrons. The van der Waals surface area contributed by atoms with Gasteiger partial charge in [0.05, 0.1) is 10.6 Å². The monoisotopic (exact) mass is 244 g/mol. The minimum atomic E-state index is -0.959. The van der Waals surface area contributed by atoms with Crippen LogP contribution < -0.4 is 0 Å². The lowest BCUT2D eigenvalue weighted by Gasteiger charge is -1.96. The normalized spacial score (nSPS) is 10.8. The van der Waals surface area contributed by atoms with E-state index in [1.54, 1.807) is 34.1 Å². The molecule has 1 N–H and O–H groups in total. The van der Waals surface area contributed by atoms with Crippen molar-refractivity contribution in [3.63, 3.8) is 0 Å². The molecule has 17 heavy (non-hydrogen) atoms. The second-order valence-electron chi connectivity index (χ2n) is 3.56. The highest BCUT2D eigenvalue weighted by Gasteiger charge is 2.12. The maximum Gasteiger partial charge on any atom is 0.339 e. The summed E-state index contributed by atoms with van der Waals surface area (Å²) in [6.45, 7) is 0. The molecular weight excluding hydrogens is 236 g/mol. The average Bonchev–Trinajstić information content (AvgIpc) is 2.96. The van der Waals surface area contributed by atoms with E-state index in [0.29, 0.717) is 5.65 Å². The molecule has 0 fully saturated rings. The summed E-state index contributed by atoms with van der Waals surface area (Å²) in [6.07, 6.45) is 3.64. The zero-order valence-corrected chi connectivity index (χ0v) is 9.52. The van der Waals surface area contributed by atoms with Gasteiger partial charge in [0.2, 0.25) is 0 Å². The van der Waals surface area contributed by atoms with Gasteiger partial charge in [-0.3, -0.25) is 0 Å². The number of aromatic carboxylic acids is 1. The predicted octanol–water partition coefficient (Wildman–Crippen LogP) is 2.76. The molecule has 3 rings (SSSR count). The number of fused-ring (bicyclic) bond motifs is 1. The Hall–Kier alpha value is -2.14. The fourth-order valence-corrected chi connectivity index (χ4v) is 2.40. The molecular formula is C12H8N2O2S. The largest absolute Gasteiger partial charge is 0.478 e. The highest BCUT2D eigenvalue weighted by molar-refractivity contribution is 7.13. The molecule has 0 spiro atoms. The van der Waals surface area contributed by atoms with E-state index in [0.717, 1.165) is 10.6 Å². The van der Waals surface area contributed by atoms with Crippen LogP contribution in [0.3, 0.4) is 0 Å². The number of pyridine rings is 1. The van der Waals surface area contributed by atoms with Crippen LogP contribution in [0.25, 0.3) is 16.2 Å².